The van der Waals surface area contributed by atoms with Crippen LogP contribution in [0, 0.1) is 5.41 Å². The average molecular weight is 309 g/mol. The molecule has 0 aromatic carbocycles. The molecule has 0 amide bonds. The summed E-state index contributed by atoms with van der Waals surface area (Å²) >= 11 is 0. The van der Waals surface area contributed by atoms with Crippen LogP contribution in [0.15, 0.2) is 4.99 Å². The van der Waals surface area contributed by atoms with Gasteiger partial charge in [0.25, 0.3) is 0 Å². The zero-order valence-electron chi connectivity index (χ0n) is 14.2. The Bertz CT molecular complexity index is 391. The Labute approximate surface area is 134 Å². The number of ether oxygens (including phenoxy) is 1. The Hall–Kier alpha value is -1.26. The van der Waals surface area contributed by atoms with E-state index in [1.807, 2.05) is 0 Å². The van der Waals surface area contributed by atoms with Crippen LogP contribution in [0.1, 0.15) is 58.3 Å². The SMILES string of the molecule is CCNC(=NCCCCCC(=O)OC)N1CCC2(CCC2)C1. The number of rotatable bonds is 7. The van der Waals surface area contributed by atoms with Crippen molar-refractivity contribution in [1.82, 2.24) is 10.2 Å². The van der Waals surface area contributed by atoms with Gasteiger partial charge in [-0.15, -0.1) is 0 Å². The topological polar surface area (TPSA) is 53.9 Å². The second-order valence-corrected chi connectivity index (χ2v) is 6.65. The summed E-state index contributed by atoms with van der Waals surface area (Å²) in [5.41, 5.74) is 0.608. The number of hydrogen-bond acceptors (Lipinski definition) is 3. The quantitative estimate of drug-likeness (QED) is 0.340. The first-order chi connectivity index (χ1) is 10.7. The van der Waals surface area contributed by atoms with E-state index in [2.05, 4.69) is 21.9 Å². The van der Waals surface area contributed by atoms with E-state index in [4.69, 9.17) is 4.99 Å². The Morgan fingerprint density at radius 2 is 2.09 bits per heavy atom. The van der Waals surface area contributed by atoms with Gasteiger partial charge in [-0.05, 0) is 44.4 Å². The van der Waals surface area contributed by atoms with Gasteiger partial charge in [-0.3, -0.25) is 9.79 Å². The van der Waals surface area contributed by atoms with E-state index in [1.165, 1.54) is 39.3 Å². The van der Waals surface area contributed by atoms with Crippen molar-refractivity contribution in [1.29, 1.82) is 0 Å². The summed E-state index contributed by atoms with van der Waals surface area (Å²) in [6, 6.07) is 0. The average Bonchev–Trinajstić information content (AvgIpc) is 2.95. The number of likely N-dealkylation sites (tertiary alicyclic amines) is 1. The van der Waals surface area contributed by atoms with E-state index in [0.29, 0.717) is 11.8 Å². The lowest BCUT2D eigenvalue weighted by atomic mass is 9.68. The lowest BCUT2D eigenvalue weighted by Gasteiger charge is -2.38. The predicted octanol–water partition coefficient (Wildman–Crippen LogP) is 2.56. The maximum atomic E-state index is 11.0. The van der Waals surface area contributed by atoms with Crippen LogP contribution in [0.25, 0.3) is 0 Å². The van der Waals surface area contributed by atoms with E-state index >= 15 is 0 Å². The summed E-state index contributed by atoms with van der Waals surface area (Å²) in [5, 5.41) is 3.43. The monoisotopic (exact) mass is 309 g/mol. The molecule has 0 radical (unpaired) electrons. The molecule has 1 heterocycles. The minimum atomic E-state index is -0.111. The first kappa shape index (κ1) is 17.1. The molecule has 0 bridgehead atoms. The molecule has 0 aromatic heterocycles. The molecule has 0 aromatic rings. The van der Waals surface area contributed by atoms with E-state index in [1.54, 1.807) is 0 Å². The van der Waals surface area contributed by atoms with Gasteiger partial charge in [-0.25, -0.2) is 0 Å². The van der Waals surface area contributed by atoms with Gasteiger partial charge < -0.3 is 15.0 Å². The van der Waals surface area contributed by atoms with Gasteiger partial charge in [-0.2, -0.15) is 0 Å². The number of aliphatic imine (C=N–C) groups is 1. The van der Waals surface area contributed by atoms with Crippen LogP contribution in [-0.2, 0) is 9.53 Å². The standard InChI is InChI=1S/C17H31N3O2/c1-3-18-16(19-12-6-4-5-8-15(21)22-2)20-13-11-17(14-20)9-7-10-17/h3-14H2,1-2H3,(H,18,19). The molecular formula is C17H31N3O2. The fourth-order valence-electron chi connectivity index (χ4n) is 3.47. The number of guanidine groups is 1. The fourth-order valence-corrected chi connectivity index (χ4v) is 3.47. The van der Waals surface area contributed by atoms with Crippen molar-refractivity contribution in [2.75, 3.05) is 33.3 Å². The van der Waals surface area contributed by atoms with Gasteiger partial charge in [0.15, 0.2) is 5.96 Å². The highest BCUT2D eigenvalue weighted by Gasteiger charge is 2.43. The summed E-state index contributed by atoms with van der Waals surface area (Å²) in [5.74, 6) is 0.971. The Morgan fingerprint density at radius 3 is 2.68 bits per heavy atom. The predicted molar refractivity (Wildman–Crippen MR) is 88.9 cm³/mol. The van der Waals surface area contributed by atoms with Crippen molar-refractivity contribution in [2.24, 2.45) is 10.4 Å². The molecule has 1 saturated carbocycles. The van der Waals surface area contributed by atoms with Crippen molar-refractivity contribution in [3.05, 3.63) is 0 Å². The van der Waals surface area contributed by atoms with E-state index in [0.717, 1.165) is 44.9 Å². The maximum Gasteiger partial charge on any atom is 0.305 e. The van der Waals surface area contributed by atoms with Gasteiger partial charge in [0.2, 0.25) is 0 Å². The molecule has 1 saturated heterocycles. The number of nitrogens with zero attached hydrogens (tertiary/aromatic N) is 2. The highest BCUT2D eigenvalue weighted by atomic mass is 16.5. The molecule has 1 aliphatic carbocycles. The molecule has 1 spiro atoms. The number of carbonyl (C=O) groups is 1. The molecule has 0 atom stereocenters. The number of hydrogen-bond donors (Lipinski definition) is 1. The molecular weight excluding hydrogens is 278 g/mol. The molecule has 0 unspecified atom stereocenters. The first-order valence-corrected chi connectivity index (χ1v) is 8.79. The largest absolute Gasteiger partial charge is 0.469 e. The van der Waals surface area contributed by atoms with Crippen molar-refractivity contribution in [3.8, 4) is 0 Å². The molecule has 2 aliphatic rings. The molecule has 1 N–H and O–H groups in total. The van der Waals surface area contributed by atoms with Crippen molar-refractivity contribution in [2.45, 2.75) is 58.3 Å². The van der Waals surface area contributed by atoms with Crippen molar-refractivity contribution < 1.29 is 9.53 Å². The van der Waals surface area contributed by atoms with E-state index in [-0.39, 0.29) is 5.97 Å². The highest BCUT2D eigenvalue weighted by Crippen LogP contribution is 2.47. The number of carbonyl (C=O) groups excluding carboxylic acids is 1. The zero-order valence-corrected chi connectivity index (χ0v) is 14.2. The van der Waals surface area contributed by atoms with Gasteiger partial charge in [0.05, 0.1) is 7.11 Å². The number of unbranched alkanes of at least 4 members (excludes halogenated alkanes) is 2. The number of methoxy groups -OCH3 is 1. The van der Waals surface area contributed by atoms with Crippen LogP contribution >= 0.6 is 0 Å². The van der Waals surface area contributed by atoms with Crippen LogP contribution in [0.3, 0.4) is 0 Å². The number of esters is 1. The van der Waals surface area contributed by atoms with Crippen molar-refractivity contribution >= 4 is 11.9 Å². The second kappa shape index (κ2) is 8.39. The normalized spacial score (nSPS) is 20.1. The Morgan fingerprint density at radius 1 is 1.27 bits per heavy atom. The molecule has 1 aliphatic heterocycles. The van der Waals surface area contributed by atoms with Crippen LogP contribution in [0.2, 0.25) is 0 Å². The van der Waals surface area contributed by atoms with E-state index in [9.17, 15) is 4.79 Å². The first-order valence-electron chi connectivity index (χ1n) is 8.79. The highest BCUT2D eigenvalue weighted by molar-refractivity contribution is 5.80. The van der Waals surface area contributed by atoms with Crippen LogP contribution in [-0.4, -0.2) is 50.1 Å². The summed E-state index contributed by atoms with van der Waals surface area (Å²) in [7, 11) is 1.44. The second-order valence-electron chi connectivity index (χ2n) is 6.65. The van der Waals surface area contributed by atoms with Gasteiger partial charge in [0.1, 0.15) is 0 Å². The van der Waals surface area contributed by atoms with Gasteiger partial charge in [-0.1, -0.05) is 12.8 Å². The summed E-state index contributed by atoms with van der Waals surface area (Å²) in [6.07, 6.45) is 9.01. The van der Waals surface area contributed by atoms with Gasteiger partial charge in [0, 0.05) is 32.6 Å². The Balaban J connectivity index is 1.70. The number of nitrogens with one attached hydrogen (secondary N) is 1. The Kier molecular flexibility index (Phi) is 6.52. The summed E-state index contributed by atoms with van der Waals surface area (Å²) in [4.78, 5) is 18.3. The third-order valence-corrected chi connectivity index (χ3v) is 5.02. The summed E-state index contributed by atoms with van der Waals surface area (Å²) in [6.45, 7) is 6.22. The van der Waals surface area contributed by atoms with Gasteiger partial charge >= 0.3 is 5.97 Å². The van der Waals surface area contributed by atoms with Crippen LogP contribution in [0.4, 0.5) is 0 Å². The minimum absolute atomic E-state index is 0.111. The van der Waals surface area contributed by atoms with E-state index < -0.39 is 0 Å². The molecule has 2 rings (SSSR count). The minimum Gasteiger partial charge on any atom is -0.469 e. The molecule has 2 fully saturated rings. The molecule has 5 nitrogen and oxygen atoms in total. The molecule has 126 valence electrons. The van der Waals surface area contributed by atoms with Crippen molar-refractivity contribution in [3.63, 3.8) is 0 Å². The van der Waals surface area contributed by atoms with Crippen LogP contribution < -0.4 is 5.32 Å². The maximum absolute atomic E-state index is 11.0. The third kappa shape index (κ3) is 4.62. The zero-order chi connectivity index (χ0) is 15.8. The summed E-state index contributed by atoms with van der Waals surface area (Å²) < 4.78 is 4.65. The lowest BCUT2D eigenvalue weighted by Crippen LogP contribution is -2.42. The molecule has 22 heavy (non-hydrogen) atoms. The smallest absolute Gasteiger partial charge is 0.305 e. The molecule has 5 heteroatoms. The lowest BCUT2D eigenvalue weighted by molar-refractivity contribution is -0.140. The fraction of sp³-hybridized carbons (Fsp3) is 0.882. The van der Waals surface area contributed by atoms with Crippen LogP contribution in [0.5, 0.6) is 0 Å². The third-order valence-electron chi connectivity index (χ3n) is 5.02.